The van der Waals surface area contributed by atoms with Gasteiger partial charge in [-0.25, -0.2) is 0 Å². The number of rotatable bonds is 11. The molecule has 6 nitrogen and oxygen atoms in total. The van der Waals surface area contributed by atoms with Crippen LogP contribution < -0.4 is 9.47 Å². The van der Waals surface area contributed by atoms with Crippen molar-refractivity contribution in [2.45, 2.75) is 44.0 Å². The summed E-state index contributed by atoms with van der Waals surface area (Å²) >= 11 is 5.09. The Morgan fingerprint density at radius 3 is 2.61 bits per heavy atom. The third kappa shape index (κ3) is 6.33. The van der Waals surface area contributed by atoms with E-state index in [-0.39, 0.29) is 0 Å². The van der Waals surface area contributed by atoms with Crippen LogP contribution in [-0.4, -0.2) is 34.8 Å². The van der Waals surface area contributed by atoms with Crippen molar-refractivity contribution in [3.8, 4) is 11.5 Å². The topological polar surface area (TPSA) is 61.5 Å². The predicted molar refractivity (Wildman–Crippen MR) is 129 cm³/mol. The standard InChI is InChI=1S/C23H27BrN4O2S/c1-4-7-21-26-27-23(31-16-17-10-12-19(24)13-11-17)28(21)25-15-18-8-6-9-20(29-3)22(18)30-14-5-2/h6,8-13,15H,4-5,7,14,16H2,1-3H3/b25-15+. The molecule has 0 aliphatic rings. The lowest BCUT2D eigenvalue weighted by Crippen LogP contribution is -2.03. The van der Waals surface area contributed by atoms with Crippen molar-refractivity contribution in [1.82, 2.24) is 14.9 Å². The Morgan fingerprint density at radius 2 is 1.90 bits per heavy atom. The van der Waals surface area contributed by atoms with Crippen LogP contribution in [0.5, 0.6) is 11.5 Å². The van der Waals surface area contributed by atoms with Gasteiger partial charge in [-0.15, -0.1) is 10.2 Å². The summed E-state index contributed by atoms with van der Waals surface area (Å²) in [6.07, 6.45) is 4.48. The van der Waals surface area contributed by atoms with Crippen molar-refractivity contribution in [2.75, 3.05) is 13.7 Å². The van der Waals surface area contributed by atoms with E-state index in [4.69, 9.17) is 14.6 Å². The zero-order chi connectivity index (χ0) is 22.1. The zero-order valence-corrected chi connectivity index (χ0v) is 20.4. The Morgan fingerprint density at radius 1 is 1.10 bits per heavy atom. The molecule has 0 aliphatic carbocycles. The number of aryl methyl sites for hydroxylation is 1. The van der Waals surface area contributed by atoms with Gasteiger partial charge in [-0.1, -0.05) is 59.7 Å². The van der Waals surface area contributed by atoms with Gasteiger partial charge < -0.3 is 9.47 Å². The van der Waals surface area contributed by atoms with E-state index in [1.54, 1.807) is 25.1 Å². The number of aromatic nitrogens is 3. The maximum atomic E-state index is 5.94. The van der Waals surface area contributed by atoms with E-state index in [2.05, 4.69) is 52.1 Å². The molecule has 0 bridgehead atoms. The molecule has 0 radical (unpaired) electrons. The summed E-state index contributed by atoms with van der Waals surface area (Å²) in [4.78, 5) is 0. The van der Waals surface area contributed by atoms with Gasteiger partial charge in [-0.2, -0.15) is 9.78 Å². The summed E-state index contributed by atoms with van der Waals surface area (Å²) in [5.41, 5.74) is 2.07. The molecule has 0 atom stereocenters. The molecule has 3 rings (SSSR count). The molecule has 8 heteroatoms. The average Bonchev–Trinajstić information content (AvgIpc) is 3.17. The maximum absolute atomic E-state index is 5.94. The summed E-state index contributed by atoms with van der Waals surface area (Å²) in [5.74, 6) is 3.03. The van der Waals surface area contributed by atoms with Crippen molar-refractivity contribution in [1.29, 1.82) is 0 Å². The van der Waals surface area contributed by atoms with Gasteiger partial charge in [0, 0.05) is 22.2 Å². The van der Waals surface area contributed by atoms with Gasteiger partial charge in [0.1, 0.15) is 0 Å². The number of para-hydroxylation sites is 1. The highest BCUT2D eigenvalue weighted by Crippen LogP contribution is 2.30. The normalized spacial score (nSPS) is 11.2. The minimum Gasteiger partial charge on any atom is -0.493 e. The van der Waals surface area contributed by atoms with Crippen LogP contribution in [-0.2, 0) is 12.2 Å². The van der Waals surface area contributed by atoms with Gasteiger partial charge in [-0.3, -0.25) is 0 Å². The number of nitrogens with zero attached hydrogens (tertiary/aromatic N) is 4. The fourth-order valence-corrected chi connectivity index (χ4v) is 4.01. The van der Waals surface area contributed by atoms with Crippen LogP contribution in [0.15, 0.2) is 57.2 Å². The van der Waals surface area contributed by atoms with Crippen molar-refractivity contribution < 1.29 is 9.47 Å². The third-order valence-electron chi connectivity index (χ3n) is 4.42. The van der Waals surface area contributed by atoms with E-state index < -0.39 is 0 Å². The number of ether oxygens (including phenoxy) is 2. The van der Waals surface area contributed by atoms with Crippen LogP contribution in [0, 0.1) is 0 Å². The number of hydrogen-bond donors (Lipinski definition) is 0. The summed E-state index contributed by atoms with van der Waals surface area (Å²) in [6.45, 7) is 4.81. The summed E-state index contributed by atoms with van der Waals surface area (Å²) in [5, 5.41) is 14.2. The zero-order valence-electron chi connectivity index (χ0n) is 18.0. The SMILES string of the molecule is CCCOc1c(/C=N/n2c(CCC)nnc2SCc2ccc(Br)cc2)cccc1OC. The molecule has 2 aromatic carbocycles. The molecule has 0 saturated heterocycles. The van der Waals surface area contributed by atoms with Crippen molar-refractivity contribution in [2.24, 2.45) is 5.10 Å². The second-order valence-corrected chi connectivity index (χ2v) is 8.71. The van der Waals surface area contributed by atoms with Gasteiger partial charge in [0.25, 0.3) is 0 Å². The Hall–Kier alpha value is -2.32. The smallest absolute Gasteiger partial charge is 0.212 e. The average molecular weight is 503 g/mol. The van der Waals surface area contributed by atoms with Crippen molar-refractivity contribution in [3.05, 3.63) is 63.9 Å². The second kappa shape index (κ2) is 11.9. The molecule has 164 valence electrons. The van der Waals surface area contributed by atoms with Gasteiger partial charge in [0.2, 0.25) is 5.16 Å². The van der Waals surface area contributed by atoms with Crippen LogP contribution in [0.4, 0.5) is 0 Å². The van der Waals surface area contributed by atoms with E-state index >= 15 is 0 Å². The number of methoxy groups -OCH3 is 1. The highest BCUT2D eigenvalue weighted by molar-refractivity contribution is 9.10. The first kappa shape index (κ1) is 23.3. The molecule has 0 spiro atoms. The first-order valence-corrected chi connectivity index (χ1v) is 12.1. The van der Waals surface area contributed by atoms with Gasteiger partial charge in [-0.05, 0) is 42.7 Å². The monoisotopic (exact) mass is 502 g/mol. The van der Waals surface area contributed by atoms with E-state index in [9.17, 15) is 0 Å². The number of halogens is 1. The summed E-state index contributed by atoms with van der Waals surface area (Å²) in [7, 11) is 1.64. The third-order valence-corrected chi connectivity index (χ3v) is 5.94. The molecule has 31 heavy (non-hydrogen) atoms. The molecule has 0 unspecified atom stereocenters. The molecule has 3 aromatic rings. The van der Waals surface area contributed by atoms with Gasteiger partial charge >= 0.3 is 0 Å². The molecule has 0 saturated carbocycles. The molecule has 1 heterocycles. The van der Waals surface area contributed by atoms with E-state index in [0.29, 0.717) is 18.1 Å². The van der Waals surface area contributed by atoms with E-state index in [1.165, 1.54) is 5.56 Å². The van der Waals surface area contributed by atoms with Crippen LogP contribution in [0.1, 0.15) is 43.6 Å². The lowest BCUT2D eigenvalue weighted by molar-refractivity contribution is 0.294. The highest BCUT2D eigenvalue weighted by atomic mass is 79.9. The molecule has 0 aliphatic heterocycles. The Balaban J connectivity index is 1.86. The Bertz CT molecular complexity index is 1010. The van der Waals surface area contributed by atoms with Gasteiger partial charge in [0.05, 0.1) is 19.9 Å². The molecule has 1 aromatic heterocycles. The Labute approximate surface area is 196 Å². The molecule has 0 N–H and O–H groups in total. The fraction of sp³-hybridized carbons (Fsp3) is 0.348. The summed E-state index contributed by atoms with van der Waals surface area (Å²) in [6, 6.07) is 14.1. The van der Waals surface area contributed by atoms with Crippen molar-refractivity contribution in [3.63, 3.8) is 0 Å². The quantitative estimate of drug-likeness (QED) is 0.239. The highest BCUT2D eigenvalue weighted by Gasteiger charge is 2.13. The minimum absolute atomic E-state index is 0.614. The molecular formula is C23H27BrN4O2S. The lowest BCUT2D eigenvalue weighted by Gasteiger charge is -2.12. The predicted octanol–water partition coefficient (Wildman–Crippen LogP) is 5.97. The van der Waals surface area contributed by atoms with Crippen molar-refractivity contribution >= 4 is 33.9 Å². The largest absolute Gasteiger partial charge is 0.493 e. The first-order valence-electron chi connectivity index (χ1n) is 10.3. The van der Waals surface area contributed by atoms with Crippen LogP contribution >= 0.6 is 27.7 Å². The van der Waals surface area contributed by atoms with E-state index in [1.807, 2.05) is 35.0 Å². The molecular weight excluding hydrogens is 476 g/mol. The van der Waals surface area contributed by atoms with Gasteiger partial charge in [0.15, 0.2) is 17.3 Å². The summed E-state index contributed by atoms with van der Waals surface area (Å²) < 4.78 is 14.3. The lowest BCUT2D eigenvalue weighted by atomic mass is 10.2. The van der Waals surface area contributed by atoms with Crippen LogP contribution in [0.25, 0.3) is 0 Å². The first-order chi connectivity index (χ1) is 15.2. The Kier molecular flexibility index (Phi) is 8.97. The second-order valence-electron chi connectivity index (χ2n) is 6.85. The van der Waals surface area contributed by atoms with Crippen LogP contribution in [0.3, 0.4) is 0 Å². The number of thioether (sulfide) groups is 1. The minimum atomic E-state index is 0.614. The molecule has 0 fully saturated rings. The fourth-order valence-electron chi connectivity index (χ4n) is 2.88. The number of benzene rings is 2. The molecule has 0 amide bonds. The van der Waals surface area contributed by atoms with E-state index in [0.717, 1.165) is 46.0 Å². The number of hydrogen-bond acceptors (Lipinski definition) is 6. The van der Waals surface area contributed by atoms with Crippen LogP contribution in [0.2, 0.25) is 0 Å². The maximum Gasteiger partial charge on any atom is 0.212 e.